The van der Waals surface area contributed by atoms with Gasteiger partial charge >= 0.3 is 12.4 Å². The van der Waals surface area contributed by atoms with Crippen LogP contribution < -0.4 is 10.2 Å². The van der Waals surface area contributed by atoms with Crippen LogP contribution >= 0.6 is 0 Å². The monoisotopic (exact) mass is 577 g/mol. The van der Waals surface area contributed by atoms with Crippen LogP contribution in [-0.4, -0.2) is 100 Å². The van der Waals surface area contributed by atoms with Crippen molar-refractivity contribution < 1.29 is 35.8 Å². The van der Waals surface area contributed by atoms with Crippen molar-refractivity contribution in [3.8, 4) is 0 Å². The Bertz CT molecular complexity index is 1250. The van der Waals surface area contributed by atoms with Gasteiger partial charge in [-0.3, -0.25) is 4.68 Å². The molecule has 11 nitrogen and oxygen atoms in total. The van der Waals surface area contributed by atoms with Crippen LogP contribution in [0.4, 0.5) is 43.9 Å². The summed E-state index contributed by atoms with van der Waals surface area (Å²) in [5, 5.41) is 7.39. The number of nitrogens with zero attached hydrogens (tertiary/aromatic N) is 8. The van der Waals surface area contributed by atoms with Gasteiger partial charge < -0.3 is 24.6 Å². The molecule has 0 aliphatic carbocycles. The first-order valence-electron chi connectivity index (χ1n) is 12.4. The molecule has 0 radical (unpaired) electrons. The molecule has 3 aromatic heterocycles. The first-order valence-corrected chi connectivity index (χ1v) is 12.4. The third-order valence-electron chi connectivity index (χ3n) is 6.17. The summed E-state index contributed by atoms with van der Waals surface area (Å²) in [6, 6.07) is 1.96. The molecule has 1 N–H and O–H groups in total. The average Bonchev–Trinajstić information content (AvgIpc) is 3.23. The SMILES string of the molecule is CN(C)C1CCN(c2nc(Nc3ccncn3)c3c(n2)c(COCC(F)(F)F)nn3CCOCC(F)(F)F)CC1. The minimum Gasteiger partial charge on any atom is -0.370 e. The Hall–Kier alpha value is -3.31. The van der Waals surface area contributed by atoms with Crippen LogP contribution in [0.3, 0.4) is 0 Å². The van der Waals surface area contributed by atoms with E-state index in [2.05, 4.69) is 35.3 Å². The van der Waals surface area contributed by atoms with E-state index in [9.17, 15) is 26.3 Å². The zero-order valence-corrected chi connectivity index (χ0v) is 21.8. The molecule has 3 aromatic rings. The van der Waals surface area contributed by atoms with E-state index < -0.39 is 32.2 Å². The van der Waals surface area contributed by atoms with Gasteiger partial charge in [-0.2, -0.15) is 36.4 Å². The van der Waals surface area contributed by atoms with Gasteiger partial charge in [-0.1, -0.05) is 0 Å². The number of hydrogen-bond donors (Lipinski definition) is 1. The van der Waals surface area contributed by atoms with E-state index >= 15 is 0 Å². The van der Waals surface area contributed by atoms with Crippen molar-refractivity contribution in [2.75, 3.05) is 57.2 Å². The highest BCUT2D eigenvalue weighted by Gasteiger charge is 2.30. The van der Waals surface area contributed by atoms with Gasteiger partial charge in [0.2, 0.25) is 5.95 Å². The number of anilines is 3. The van der Waals surface area contributed by atoms with Crippen molar-refractivity contribution in [1.29, 1.82) is 0 Å². The second-order valence-corrected chi connectivity index (χ2v) is 9.42. The van der Waals surface area contributed by atoms with Crippen LogP contribution in [0.5, 0.6) is 0 Å². The first-order chi connectivity index (χ1) is 18.9. The summed E-state index contributed by atoms with van der Waals surface area (Å²) in [5.74, 6) is 0.910. The summed E-state index contributed by atoms with van der Waals surface area (Å²) in [6.45, 7) is -2.73. The molecule has 1 fully saturated rings. The Kier molecular flexibility index (Phi) is 9.25. The largest absolute Gasteiger partial charge is 0.411 e. The second kappa shape index (κ2) is 12.5. The highest BCUT2D eigenvalue weighted by molar-refractivity contribution is 5.90. The van der Waals surface area contributed by atoms with Crippen molar-refractivity contribution in [2.24, 2.45) is 0 Å². The van der Waals surface area contributed by atoms with Gasteiger partial charge in [0.05, 0.1) is 19.8 Å². The number of rotatable bonds is 11. The number of nitrogens with one attached hydrogen (secondary N) is 1. The lowest BCUT2D eigenvalue weighted by molar-refractivity contribution is -0.177. The van der Waals surface area contributed by atoms with E-state index in [4.69, 9.17) is 9.47 Å². The fourth-order valence-electron chi connectivity index (χ4n) is 4.29. The van der Waals surface area contributed by atoms with E-state index in [1.54, 1.807) is 6.07 Å². The zero-order chi connectivity index (χ0) is 28.9. The molecule has 4 heterocycles. The fourth-order valence-corrected chi connectivity index (χ4v) is 4.29. The molecule has 0 unspecified atom stereocenters. The maximum absolute atomic E-state index is 12.8. The molecule has 0 saturated carbocycles. The average molecular weight is 578 g/mol. The van der Waals surface area contributed by atoms with E-state index in [1.807, 2.05) is 19.0 Å². The molecule has 1 saturated heterocycles. The van der Waals surface area contributed by atoms with Crippen LogP contribution in [-0.2, 0) is 22.6 Å². The van der Waals surface area contributed by atoms with E-state index in [0.29, 0.717) is 30.9 Å². The summed E-state index contributed by atoms with van der Waals surface area (Å²) in [7, 11) is 4.01. The summed E-state index contributed by atoms with van der Waals surface area (Å²) >= 11 is 0. The van der Waals surface area contributed by atoms with Gasteiger partial charge in [-0.15, -0.1) is 0 Å². The van der Waals surface area contributed by atoms with Crippen LogP contribution in [0.1, 0.15) is 18.5 Å². The predicted octanol–water partition coefficient (Wildman–Crippen LogP) is 3.55. The molecular formula is C23H29F6N9O2. The number of halogens is 6. The van der Waals surface area contributed by atoms with Gasteiger partial charge in [-0.05, 0) is 33.0 Å². The minimum atomic E-state index is -4.56. The zero-order valence-electron chi connectivity index (χ0n) is 21.8. The molecule has 0 spiro atoms. The van der Waals surface area contributed by atoms with Gasteiger partial charge in [0.1, 0.15) is 42.1 Å². The van der Waals surface area contributed by atoms with Crippen LogP contribution in [0.25, 0.3) is 11.0 Å². The summed E-state index contributed by atoms with van der Waals surface area (Å²) in [4.78, 5) is 21.4. The lowest BCUT2D eigenvalue weighted by Gasteiger charge is -2.35. The second-order valence-electron chi connectivity index (χ2n) is 9.42. The summed E-state index contributed by atoms with van der Waals surface area (Å²) < 4.78 is 86.9. The molecule has 4 rings (SSSR count). The number of fused-ring (bicyclic) bond motifs is 1. The Labute approximate surface area is 225 Å². The molecule has 0 amide bonds. The number of aromatic nitrogens is 6. The Morgan fingerprint density at radius 2 is 1.73 bits per heavy atom. The molecule has 0 aromatic carbocycles. The van der Waals surface area contributed by atoms with Crippen molar-refractivity contribution in [3.05, 3.63) is 24.3 Å². The molecular weight excluding hydrogens is 548 g/mol. The fraction of sp³-hybridized carbons (Fsp3) is 0.609. The Balaban J connectivity index is 1.72. The highest BCUT2D eigenvalue weighted by atomic mass is 19.4. The lowest BCUT2D eigenvalue weighted by atomic mass is 10.0. The molecule has 1 aliphatic rings. The van der Waals surface area contributed by atoms with Crippen LogP contribution in [0, 0.1) is 0 Å². The van der Waals surface area contributed by atoms with Crippen LogP contribution in [0.2, 0.25) is 0 Å². The van der Waals surface area contributed by atoms with E-state index in [-0.39, 0.29) is 35.7 Å². The van der Waals surface area contributed by atoms with Gasteiger partial charge in [-0.25, -0.2) is 15.0 Å². The van der Waals surface area contributed by atoms with Crippen molar-refractivity contribution in [2.45, 2.75) is 44.4 Å². The molecule has 1 aliphatic heterocycles. The topological polar surface area (TPSA) is 106 Å². The highest BCUT2D eigenvalue weighted by Crippen LogP contribution is 2.30. The van der Waals surface area contributed by atoms with Crippen LogP contribution in [0.15, 0.2) is 18.6 Å². The molecule has 0 atom stereocenters. The van der Waals surface area contributed by atoms with Gasteiger partial charge in [0.15, 0.2) is 5.82 Å². The number of hydrogen-bond acceptors (Lipinski definition) is 10. The number of piperidine rings is 1. The number of ether oxygens (including phenoxy) is 2. The van der Waals surface area contributed by atoms with Crippen molar-refractivity contribution in [1.82, 2.24) is 34.6 Å². The quantitative estimate of drug-likeness (QED) is 0.269. The third-order valence-corrected chi connectivity index (χ3v) is 6.17. The van der Waals surface area contributed by atoms with Gasteiger partial charge in [0.25, 0.3) is 0 Å². The van der Waals surface area contributed by atoms with Crippen molar-refractivity contribution >= 4 is 28.6 Å². The molecule has 40 heavy (non-hydrogen) atoms. The lowest BCUT2D eigenvalue weighted by Crippen LogP contribution is -2.42. The van der Waals surface area contributed by atoms with Gasteiger partial charge in [0, 0.05) is 25.3 Å². The Morgan fingerprint density at radius 3 is 2.35 bits per heavy atom. The first kappa shape index (κ1) is 29.7. The number of alkyl halides is 6. The summed E-state index contributed by atoms with van der Waals surface area (Å²) in [5.41, 5.74) is 0.536. The smallest absolute Gasteiger partial charge is 0.370 e. The predicted molar refractivity (Wildman–Crippen MR) is 132 cm³/mol. The normalized spacial score (nSPS) is 15.4. The van der Waals surface area contributed by atoms with E-state index in [0.717, 1.165) is 12.8 Å². The third kappa shape index (κ3) is 8.11. The Morgan fingerprint density at radius 1 is 1.02 bits per heavy atom. The maximum atomic E-state index is 12.8. The maximum Gasteiger partial charge on any atom is 0.411 e. The molecule has 220 valence electrons. The van der Waals surface area contributed by atoms with Crippen molar-refractivity contribution in [3.63, 3.8) is 0 Å². The minimum absolute atomic E-state index is 0.0765. The molecule has 0 bridgehead atoms. The molecule has 17 heteroatoms. The van der Waals surface area contributed by atoms with E-state index in [1.165, 1.54) is 17.2 Å². The standard InChI is InChI=1S/C23H29F6N9O2/c1-36(2)15-4-7-37(8-5-15)21-33-18-16(11-40-13-23(27,28)29)35-38(9-10-39-12-22(24,25)26)19(18)20(34-21)32-17-3-6-30-14-31-17/h3,6,14-15H,4-5,7-13H2,1-2H3,(H,30,31,32,33,34). The summed E-state index contributed by atoms with van der Waals surface area (Å²) in [6.07, 6.45) is -4.56.